The number of amidine groups is 1. The number of rotatable bonds is 6. The molecule has 35 heavy (non-hydrogen) atoms. The van der Waals surface area contributed by atoms with Crippen LogP contribution >= 0.6 is 11.8 Å². The third kappa shape index (κ3) is 6.42. The Balaban J connectivity index is 2.08. The van der Waals surface area contributed by atoms with Crippen molar-refractivity contribution in [2.24, 2.45) is 16.6 Å². The number of nitrogens with two attached hydrogens (primary N) is 1. The van der Waals surface area contributed by atoms with Gasteiger partial charge in [-0.15, -0.1) is 11.8 Å². The number of carbonyl (C=O) groups is 1. The van der Waals surface area contributed by atoms with Crippen molar-refractivity contribution in [1.29, 1.82) is 5.41 Å². The zero-order chi connectivity index (χ0) is 25.9. The predicted octanol–water partition coefficient (Wildman–Crippen LogP) is 4.55. The molecule has 4 N–H and O–H groups in total. The van der Waals surface area contributed by atoms with Crippen molar-refractivity contribution in [1.82, 2.24) is 4.90 Å². The fraction of sp³-hybridized carbons (Fsp3) is 0.519. The minimum Gasteiger partial charge on any atom is -0.460 e. The Hall–Kier alpha value is -2.42. The molecule has 4 atom stereocenters. The van der Waals surface area contributed by atoms with Crippen LogP contribution in [0, 0.1) is 11.3 Å². The molecular weight excluding hydrogens is 460 g/mol. The van der Waals surface area contributed by atoms with E-state index in [4.69, 9.17) is 26.0 Å². The average Bonchev–Trinajstić information content (AvgIpc) is 2.97. The molecule has 0 aliphatic carbocycles. The lowest BCUT2D eigenvalue weighted by Crippen LogP contribution is -2.50. The Bertz CT molecular complexity index is 1040. The van der Waals surface area contributed by atoms with Gasteiger partial charge in [0.15, 0.2) is 0 Å². The third-order valence-electron chi connectivity index (χ3n) is 6.10. The van der Waals surface area contributed by atoms with E-state index in [1.165, 1.54) is 0 Å². The van der Waals surface area contributed by atoms with Crippen LogP contribution < -0.4 is 5.73 Å². The van der Waals surface area contributed by atoms with Crippen molar-refractivity contribution < 1.29 is 14.6 Å². The van der Waals surface area contributed by atoms with E-state index >= 15 is 0 Å². The highest BCUT2D eigenvalue weighted by Gasteiger charge is 2.42. The molecule has 0 fully saturated rings. The van der Waals surface area contributed by atoms with E-state index in [0.29, 0.717) is 17.5 Å². The van der Waals surface area contributed by atoms with Gasteiger partial charge in [0.1, 0.15) is 11.8 Å². The van der Waals surface area contributed by atoms with Crippen LogP contribution in [0.1, 0.15) is 65.5 Å². The maximum atomic E-state index is 12.8. The largest absolute Gasteiger partial charge is 0.460 e. The summed E-state index contributed by atoms with van der Waals surface area (Å²) >= 11 is 1.71. The molecule has 0 radical (unpaired) electrons. The second-order valence-electron chi connectivity index (χ2n) is 10.1. The van der Waals surface area contributed by atoms with Crippen LogP contribution in [0.5, 0.6) is 0 Å². The summed E-state index contributed by atoms with van der Waals surface area (Å²) in [5, 5.41) is 18.8. The molecule has 0 aromatic heterocycles. The molecule has 2 heterocycles. The van der Waals surface area contributed by atoms with E-state index in [2.05, 4.69) is 13.8 Å². The second kappa shape index (κ2) is 11.1. The monoisotopic (exact) mass is 498 g/mol. The lowest BCUT2D eigenvalue weighted by atomic mass is 9.90. The molecule has 1 aromatic rings. The van der Waals surface area contributed by atoms with Crippen molar-refractivity contribution in [2.45, 2.75) is 77.4 Å². The molecule has 8 heteroatoms. The number of benzene rings is 1. The Labute approximate surface area is 213 Å². The van der Waals surface area contributed by atoms with E-state index in [1.807, 2.05) is 62.1 Å². The van der Waals surface area contributed by atoms with Crippen molar-refractivity contribution >= 4 is 35.4 Å². The van der Waals surface area contributed by atoms with Gasteiger partial charge in [-0.25, -0.2) is 0 Å². The first-order valence-electron chi connectivity index (χ1n) is 12.1. The van der Waals surface area contributed by atoms with Gasteiger partial charge in [0, 0.05) is 23.0 Å². The first-order valence-corrected chi connectivity index (χ1v) is 13.0. The zero-order valence-electron chi connectivity index (χ0n) is 21.5. The summed E-state index contributed by atoms with van der Waals surface area (Å²) in [6.07, 6.45) is 3.91. The lowest BCUT2D eigenvalue weighted by Gasteiger charge is -2.33. The summed E-state index contributed by atoms with van der Waals surface area (Å²) in [5.74, 6) is 0.171. The number of hydrogen-bond donors (Lipinski definition) is 3. The van der Waals surface area contributed by atoms with Crippen LogP contribution in [0.2, 0.25) is 0 Å². The van der Waals surface area contributed by atoms with E-state index in [1.54, 1.807) is 18.7 Å². The number of aliphatic hydroxyl groups is 1. The summed E-state index contributed by atoms with van der Waals surface area (Å²) in [4.78, 5) is 19.7. The molecule has 3 unspecified atom stereocenters. The quantitative estimate of drug-likeness (QED) is 0.301. The van der Waals surface area contributed by atoms with Gasteiger partial charge in [-0.05, 0) is 45.6 Å². The summed E-state index contributed by atoms with van der Waals surface area (Å²) in [5.41, 5.74) is 9.98. The lowest BCUT2D eigenvalue weighted by molar-refractivity contribution is -0.155. The predicted molar refractivity (Wildman–Crippen MR) is 144 cm³/mol. The SMILES string of the molecule is CC(=N)N1C2=C(C(c3ccc(/C=C/CCO)cc3)=N[C@@H](CC(=O)OC(C)(C)C)C1N)C(C)C(C)S2. The van der Waals surface area contributed by atoms with Crippen molar-refractivity contribution in [3.8, 4) is 0 Å². The number of aliphatic imine (C=N–C) groups is 1. The van der Waals surface area contributed by atoms with E-state index in [9.17, 15) is 4.79 Å². The number of nitrogens with zero attached hydrogens (tertiary/aromatic N) is 2. The summed E-state index contributed by atoms with van der Waals surface area (Å²) in [6.45, 7) is 11.7. The van der Waals surface area contributed by atoms with Gasteiger partial charge in [-0.1, -0.05) is 50.3 Å². The van der Waals surface area contributed by atoms with Gasteiger partial charge < -0.3 is 20.5 Å². The van der Waals surface area contributed by atoms with Gasteiger partial charge in [-0.2, -0.15) is 0 Å². The number of carbonyl (C=O) groups excluding carboxylic acids is 1. The standard InChI is InChI=1S/C27H38N4O3S/c1-16-17(2)35-26-23(16)24(20-12-10-19(11-13-20)9-7-8-14-32)30-21(25(29)31(26)18(3)28)15-22(33)34-27(4,5)6/h7,9-13,16-17,21,25,28,32H,8,14-15,29H2,1-6H3/b9-7+,28-18?/t16?,17?,21-,25?/m0/s1. The number of thioether (sulfide) groups is 1. The van der Waals surface area contributed by atoms with Gasteiger partial charge >= 0.3 is 5.97 Å². The summed E-state index contributed by atoms with van der Waals surface area (Å²) in [7, 11) is 0. The Kier molecular flexibility index (Phi) is 8.62. The number of nitrogens with one attached hydrogen (secondary N) is 1. The van der Waals surface area contributed by atoms with E-state index in [0.717, 1.165) is 27.4 Å². The van der Waals surface area contributed by atoms with Crippen LogP contribution in [-0.2, 0) is 9.53 Å². The molecule has 7 nitrogen and oxygen atoms in total. The molecule has 0 saturated carbocycles. The number of allylic oxidation sites excluding steroid dienone is 1. The Morgan fingerprint density at radius 1 is 1.29 bits per heavy atom. The average molecular weight is 499 g/mol. The van der Waals surface area contributed by atoms with Gasteiger partial charge in [0.25, 0.3) is 0 Å². The molecule has 0 amide bonds. The summed E-state index contributed by atoms with van der Waals surface area (Å²) in [6, 6.07) is 7.54. The minimum atomic E-state index is -0.659. The number of hydrogen-bond acceptors (Lipinski definition) is 7. The zero-order valence-corrected chi connectivity index (χ0v) is 22.4. The molecular formula is C27H38N4O3S. The Morgan fingerprint density at radius 3 is 2.51 bits per heavy atom. The highest BCUT2D eigenvalue weighted by atomic mass is 32.2. The van der Waals surface area contributed by atoms with Crippen molar-refractivity contribution in [3.05, 3.63) is 52.1 Å². The highest BCUT2D eigenvalue weighted by Crippen LogP contribution is 2.47. The molecule has 1 aromatic carbocycles. The minimum absolute atomic E-state index is 0.0306. The van der Waals surface area contributed by atoms with Crippen molar-refractivity contribution in [3.63, 3.8) is 0 Å². The normalized spacial score (nSPS) is 24.9. The number of esters is 1. The molecule has 0 saturated heterocycles. The van der Waals surface area contributed by atoms with E-state index < -0.39 is 17.8 Å². The van der Waals surface area contributed by atoms with Gasteiger partial charge in [0.05, 0.1) is 29.0 Å². The van der Waals surface area contributed by atoms with Crippen molar-refractivity contribution in [2.75, 3.05) is 6.61 Å². The number of aliphatic hydroxyl groups excluding tert-OH is 1. The molecule has 0 spiro atoms. The molecule has 190 valence electrons. The maximum absolute atomic E-state index is 12.8. The van der Waals surface area contributed by atoms with Crippen LogP contribution in [0.4, 0.5) is 0 Å². The van der Waals surface area contributed by atoms with Gasteiger partial charge in [0.2, 0.25) is 0 Å². The van der Waals surface area contributed by atoms with Crippen LogP contribution in [0.15, 0.2) is 45.9 Å². The fourth-order valence-electron chi connectivity index (χ4n) is 4.27. The maximum Gasteiger partial charge on any atom is 0.308 e. The Morgan fingerprint density at radius 2 is 1.94 bits per heavy atom. The fourth-order valence-corrected chi connectivity index (χ4v) is 5.74. The summed E-state index contributed by atoms with van der Waals surface area (Å²) < 4.78 is 5.58. The van der Waals surface area contributed by atoms with Crippen LogP contribution in [0.25, 0.3) is 6.08 Å². The van der Waals surface area contributed by atoms with Crippen LogP contribution in [0.3, 0.4) is 0 Å². The smallest absolute Gasteiger partial charge is 0.308 e. The van der Waals surface area contributed by atoms with Gasteiger partial charge in [-0.3, -0.25) is 15.2 Å². The molecule has 3 rings (SSSR count). The topological polar surface area (TPSA) is 112 Å². The third-order valence-corrected chi connectivity index (χ3v) is 7.52. The molecule has 2 aliphatic heterocycles. The second-order valence-corrected chi connectivity index (χ2v) is 11.5. The number of ether oxygens (including phenoxy) is 1. The van der Waals surface area contributed by atoms with Crippen LogP contribution in [-0.4, -0.2) is 57.2 Å². The molecule has 0 bridgehead atoms. The van der Waals surface area contributed by atoms with E-state index in [-0.39, 0.29) is 24.9 Å². The molecule has 2 aliphatic rings. The highest BCUT2D eigenvalue weighted by molar-refractivity contribution is 8.03. The first kappa shape index (κ1) is 27.2. The first-order chi connectivity index (χ1) is 16.4.